The normalized spacial score (nSPS) is 10.2. The molecule has 1 rings (SSSR count). The minimum absolute atomic E-state index is 0.258. The molecule has 1 N–H and O–H groups in total. The molecule has 112 valence electrons. The number of rotatable bonds is 5. The molecule has 0 saturated carbocycles. The van der Waals surface area contributed by atoms with Crippen LogP contribution in [0.5, 0.6) is 0 Å². The quantitative estimate of drug-likeness (QED) is 0.655. The predicted molar refractivity (Wildman–Crippen MR) is 76.8 cm³/mol. The Hall–Kier alpha value is -2.63. The van der Waals surface area contributed by atoms with E-state index in [4.69, 9.17) is 4.74 Å². The Kier molecular flexibility index (Phi) is 6.13. The van der Waals surface area contributed by atoms with Gasteiger partial charge in [-0.15, -0.1) is 0 Å². The Bertz CT molecular complexity index is 577. The van der Waals surface area contributed by atoms with Crippen molar-refractivity contribution in [1.29, 1.82) is 0 Å². The second kappa shape index (κ2) is 7.84. The molecule has 1 aromatic rings. The number of esters is 2. The number of hydrogen-bond acceptors (Lipinski definition) is 5. The summed E-state index contributed by atoms with van der Waals surface area (Å²) in [5.74, 6) is -1.37. The van der Waals surface area contributed by atoms with Crippen molar-refractivity contribution >= 4 is 23.9 Å². The van der Waals surface area contributed by atoms with Crippen LogP contribution in [0.1, 0.15) is 33.2 Å². The molecule has 6 nitrogen and oxygen atoms in total. The summed E-state index contributed by atoms with van der Waals surface area (Å²) in [4.78, 5) is 34.6. The average Bonchev–Trinajstić information content (AvgIpc) is 2.51. The Morgan fingerprint density at radius 2 is 2.00 bits per heavy atom. The molecule has 1 aromatic carbocycles. The number of nitrogens with one attached hydrogen (secondary N) is 1. The summed E-state index contributed by atoms with van der Waals surface area (Å²) in [5, 5.41) is 2.49. The fraction of sp³-hybridized carbons (Fsp3) is 0.267. The molecule has 0 fully saturated rings. The van der Waals surface area contributed by atoms with Crippen molar-refractivity contribution in [2.24, 2.45) is 0 Å². The number of methoxy groups -OCH3 is 1. The van der Waals surface area contributed by atoms with Crippen LogP contribution < -0.4 is 5.32 Å². The summed E-state index contributed by atoms with van der Waals surface area (Å²) < 4.78 is 9.40. The Balaban J connectivity index is 3.19. The fourth-order valence-electron chi connectivity index (χ4n) is 1.64. The lowest BCUT2D eigenvalue weighted by molar-refractivity contribution is -0.137. The third kappa shape index (κ3) is 4.45. The van der Waals surface area contributed by atoms with Gasteiger partial charge in [0.15, 0.2) is 0 Å². The highest BCUT2D eigenvalue weighted by atomic mass is 16.5. The number of carbonyl (C=O) groups is 3. The first-order valence-electron chi connectivity index (χ1n) is 6.32. The highest BCUT2D eigenvalue weighted by molar-refractivity contribution is 6.01. The lowest BCUT2D eigenvalue weighted by atomic mass is 10.0. The second-order valence-electron chi connectivity index (χ2n) is 3.96. The molecule has 6 heteroatoms. The zero-order valence-electron chi connectivity index (χ0n) is 12.1. The molecule has 0 atom stereocenters. The van der Waals surface area contributed by atoms with E-state index in [1.807, 2.05) is 0 Å². The Labute approximate surface area is 122 Å². The van der Waals surface area contributed by atoms with Gasteiger partial charge in [0.1, 0.15) is 0 Å². The van der Waals surface area contributed by atoms with E-state index >= 15 is 0 Å². The van der Waals surface area contributed by atoms with Gasteiger partial charge in [-0.3, -0.25) is 4.79 Å². The second-order valence-corrected chi connectivity index (χ2v) is 3.96. The van der Waals surface area contributed by atoms with Crippen LogP contribution in [0.3, 0.4) is 0 Å². The summed E-state index contributed by atoms with van der Waals surface area (Å²) in [6, 6.07) is 4.46. The molecule has 0 spiro atoms. The summed E-state index contributed by atoms with van der Waals surface area (Å²) in [5.41, 5.74) is 1.05. The van der Waals surface area contributed by atoms with Crippen LogP contribution in [0.25, 0.3) is 6.08 Å². The first kappa shape index (κ1) is 16.4. The molecule has 1 amide bonds. The smallest absolute Gasteiger partial charge is 0.337 e. The molecule has 0 radical (unpaired) electrons. The number of benzene rings is 1. The van der Waals surface area contributed by atoms with Gasteiger partial charge in [-0.1, -0.05) is 0 Å². The van der Waals surface area contributed by atoms with Crippen molar-refractivity contribution in [3.63, 3.8) is 0 Å². The van der Waals surface area contributed by atoms with Crippen LogP contribution in [0, 0.1) is 0 Å². The number of amides is 1. The third-order valence-electron chi connectivity index (χ3n) is 2.63. The van der Waals surface area contributed by atoms with Crippen molar-refractivity contribution in [3.05, 3.63) is 41.0 Å². The zero-order valence-corrected chi connectivity index (χ0v) is 12.1. The van der Waals surface area contributed by atoms with E-state index in [0.717, 1.165) is 0 Å². The fourth-order valence-corrected chi connectivity index (χ4v) is 1.64. The molecule has 21 heavy (non-hydrogen) atoms. The van der Waals surface area contributed by atoms with Crippen LogP contribution in [0.15, 0.2) is 24.3 Å². The van der Waals surface area contributed by atoms with Crippen LogP contribution in [0.2, 0.25) is 0 Å². The lowest BCUT2D eigenvalue weighted by Crippen LogP contribution is -2.19. The van der Waals surface area contributed by atoms with Gasteiger partial charge in [-0.25, -0.2) is 9.59 Å². The van der Waals surface area contributed by atoms with Gasteiger partial charge in [0.05, 0.1) is 19.3 Å². The van der Waals surface area contributed by atoms with Crippen molar-refractivity contribution in [1.82, 2.24) is 5.32 Å². The Morgan fingerprint density at radius 1 is 1.29 bits per heavy atom. The maximum absolute atomic E-state index is 11.8. The number of carbonyl (C=O) groups excluding carboxylic acids is 3. The van der Waals surface area contributed by atoms with Crippen LogP contribution >= 0.6 is 0 Å². The van der Waals surface area contributed by atoms with E-state index in [0.29, 0.717) is 11.1 Å². The van der Waals surface area contributed by atoms with Gasteiger partial charge in [0.2, 0.25) is 0 Å². The van der Waals surface area contributed by atoms with Crippen LogP contribution in [-0.4, -0.2) is 38.6 Å². The average molecular weight is 291 g/mol. The van der Waals surface area contributed by atoms with E-state index in [9.17, 15) is 14.4 Å². The van der Waals surface area contributed by atoms with Crippen LogP contribution in [-0.2, 0) is 14.3 Å². The molecule has 0 unspecified atom stereocenters. The Morgan fingerprint density at radius 3 is 2.57 bits per heavy atom. The predicted octanol–water partition coefficient (Wildman–Crippen LogP) is 1.41. The van der Waals surface area contributed by atoms with Crippen molar-refractivity contribution in [3.8, 4) is 0 Å². The van der Waals surface area contributed by atoms with Gasteiger partial charge in [0, 0.05) is 18.7 Å². The summed E-state index contributed by atoms with van der Waals surface area (Å²) >= 11 is 0. The molecule has 0 aliphatic carbocycles. The maximum Gasteiger partial charge on any atom is 0.337 e. The highest BCUT2D eigenvalue weighted by Crippen LogP contribution is 2.15. The molecular formula is C15H17NO5. The molecule has 0 aliphatic heterocycles. The third-order valence-corrected chi connectivity index (χ3v) is 2.63. The zero-order chi connectivity index (χ0) is 15.8. The number of hydrogen-bond donors (Lipinski definition) is 1. The van der Waals surface area contributed by atoms with Crippen molar-refractivity contribution in [2.45, 2.75) is 6.92 Å². The topological polar surface area (TPSA) is 81.7 Å². The van der Waals surface area contributed by atoms with E-state index in [-0.39, 0.29) is 18.1 Å². The van der Waals surface area contributed by atoms with E-state index in [1.165, 1.54) is 44.5 Å². The van der Waals surface area contributed by atoms with Crippen molar-refractivity contribution < 1.29 is 23.9 Å². The molecular weight excluding hydrogens is 274 g/mol. The minimum atomic E-state index is -0.524. The molecule has 0 aliphatic rings. The largest absolute Gasteiger partial charge is 0.465 e. The van der Waals surface area contributed by atoms with Crippen LogP contribution in [0.4, 0.5) is 0 Å². The number of ether oxygens (including phenoxy) is 2. The first-order valence-corrected chi connectivity index (χ1v) is 6.32. The molecule has 0 saturated heterocycles. The maximum atomic E-state index is 11.8. The van der Waals surface area contributed by atoms with E-state index in [2.05, 4.69) is 10.1 Å². The first-order chi connectivity index (χ1) is 10.0. The van der Waals surface area contributed by atoms with E-state index < -0.39 is 11.9 Å². The summed E-state index contributed by atoms with van der Waals surface area (Å²) in [7, 11) is 2.76. The molecule has 0 bridgehead atoms. The standard InChI is InChI=1S/C15H17NO5/c1-4-21-13(17)8-6-10-9-11(15(19)20-3)5-7-12(10)14(18)16-2/h5-9H,4H2,1-3H3,(H,16,18)/b8-6+. The summed E-state index contributed by atoms with van der Waals surface area (Å²) in [6.07, 6.45) is 2.63. The summed E-state index contributed by atoms with van der Waals surface area (Å²) in [6.45, 7) is 1.95. The monoisotopic (exact) mass is 291 g/mol. The van der Waals surface area contributed by atoms with Gasteiger partial charge in [0.25, 0.3) is 5.91 Å². The van der Waals surface area contributed by atoms with E-state index in [1.54, 1.807) is 6.92 Å². The molecule has 0 heterocycles. The lowest BCUT2D eigenvalue weighted by Gasteiger charge is -2.07. The van der Waals surface area contributed by atoms with Crippen molar-refractivity contribution in [2.75, 3.05) is 20.8 Å². The van der Waals surface area contributed by atoms with Gasteiger partial charge < -0.3 is 14.8 Å². The minimum Gasteiger partial charge on any atom is -0.465 e. The highest BCUT2D eigenvalue weighted by Gasteiger charge is 2.13. The van der Waals surface area contributed by atoms with Gasteiger partial charge >= 0.3 is 11.9 Å². The molecule has 0 aromatic heterocycles. The van der Waals surface area contributed by atoms with Gasteiger partial charge in [-0.05, 0) is 36.8 Å². The van der Waals surface area contributed by atoms with Gasteiger partial charge in [-0.2, -0.15) is 0 Å². The SMILES string of the molecule is CCOC(=O)/C=C/c1cc(C(=O)OC)ccc1C(=O)NC.